The first-order valence-electron chi connectivity index (χ1n) is 14.1. The highest BCUT2D eigenvalue weighted by Gasteiger charge is 2.48. The largest absolute Gasteiger partial charge is 0.493 e. The second kappa shape index (κ2) is 11.4. The van der Waals surface area contributed by atoms with Crippen LogP contribution in [0.25, 0.3) is 10.9 Å². The lowest BCUT2D eigenvalue weighted by molar-refractivity contribution is -0.158. The summed E-state index contributed by atoms with van der Waals surface area (Å²) in [5, 5.41) is 1.04. The van der Waals surface area contributed by atoms with Crippen LogP contribution in [0.5, 0.6) is 28.7 Å². The first-order chi connectivity index (χ1) is 20.9. The van der Waals surface area contributed by atoms with Crippen LogP contribution >= 0.6 is 0 Å². The number of carbonyl (C=O) groups excluding carboxylic acids is 2. The normalized spacial score (nSPS) is 17.9. The highest BCUT2D eigenvalue weighted by atomic mass is 16.5. The summed E-state index contributed by atoms with van der Waals surface area (Å²) in [5.41, 5.74) is 4.60. The fourth-order valence-corrected chi connectivity index (χ4v) is 6.42. The number of aromatic amines is 1. The highest BCUT2D eigenvalue weighted by Crippen LogP contribution is 2.47. The summed E-state index contributed by atoms with van der Waals surface area (Å²) in [6.45, 7) is 0.388. The van der Waals surface area contributed by atoms with E-state index in [4.69, 9.17) is 23.7 Å². The maximum Gasteiger partial charge on any atom is 0.246 e. The second-order valence-electron chi connectivity index (χ2n) is 10.6. The van der Waals surface area contributed by atoms with Gasteiger partial charge >= 0.3 is 0 Å². The summed E-state index contributed by atoms with van der Waals surface area (Å²) in [5.74, 6) is 2.47. The van der Waals surface area contributed by atoms with Gasteiger partial charge in [0.1, 0.15) is 6.04 Å². The number of carbonyl (C=O) groups is 2. The standard InChI is InChI=1S/C33H35N3O7/c1-39-25-11-10-19(14-26(25)40-2)12-13-35-18-29(37)36-24(33(35)38)17-22-21-8-6-7-9-23(21)34-30(22)31(36)20-15-27(41-3)32(43-5)28(16-20)42-4/h6-11,14-16,24,31,34H,12-13,17-18H2,1-5H3/t24-,31+/m1/s1. The summed E-state index contributed by atoms with van der Waals surface area (Å²) in [7, 11) is 7.86. The van der Waals surface area contributed by atoms with E-state index >= 15 is 0 Å². The number of ether oxygens (including phenoxy) is 5. The van der Waals surface area contributed by atoms with Crippen LogP contribution in [0, 0.1) is 0 Å². The molecule has 2 aliphatic heterocycles. The van der Waals surface area contributed by atoms with Gasteiger partial charge in [-0.2, -0.15) is 0 Å². The van der Waals surface area contributed by atoms with E-state index in [9.17, 15) is 9.59 Å². The van der Waals surface area contributed by atoms with Gasteiger partial charge in [-0.15, -0.1) is 0 Å². The van der Waals surface area contributed by atoms with Crippen molar-refractivity contribution in [3.05, 3.63) is 77.0 Å². The molecule has 2 aliphatic rings. The Bertz CT molecular complexity index is 1670. The number of amides is 2. The zero-order valence-electron chi connectivity index (χ0n) is 24.9. The quantitative estimate of drug-likeness (QED) is 0.315. The van der Waals surface area contributed by atoms with Crippen molar-refractivity contribution < 1.29 is 33.3 Å². The molecule has 3 heterocycles. The highest BCUT2D eigenvalue weighted by molar-refractivity contribution is 5.97. The molecule has 10 nitrogen and oxygen atoms in total. The molecular formula is C33H35N3O7. The van der Waals surface area contributed by atoms with Gasteiger partial charge in [0.2, 0.25) is 17.6 Å². The summed E-state index contributed by atoms with van der Waals surface area (Å²) >= 11 is 0. The fraction of sp³-hybridized carbons (Fsp3) is 0.333. The average Bonchev–Trinajstić information content (AvgIpc) is 3.42. The molecule has 4 aromatic rings. The third-order valence-electron chi connectivity index (χ3n) is 8.46. The lowest BCUT2D eigenvalue weighted by Gasteiger charge is -2.47. The van der Waals surface area contributed by atoms with Crippen LogP contribution < -0.4 is 23.7 Å². The molecule has 0 bridgehead atoms. The Labute approximate surface area is 250 Å². The van der Waals surface area contributed by atoms with Crippen LogP contribution in [0.15, 0.2) is 54.6 Å². The van der Waals surface area contributed by atoms with Crippen molar-refractivity contribution in [2.45, 2.75) is 24.9 Å². The zero-order chi connectivity index (χ0) is 30.2. The topological polar surface area (TPSA) is 103 Å². The summed E-state index contributed by atoms with van der Waals surface area (Å²) < 4.78 is 27.7. The van der Waals surface area contributed by atoms with Crippen molar-refractivity contribution in [1.29, 1.82) is 0 Å². The van der Waals surface area contributed by atoms with Gasteiger partial charge in [-0.3, -0.25) is 9.59 Å². The second-order valence-corrected chi connectivity index (χ2v) is 10.6. The monoisotopic (exact) mass is 585 g/mol. The third kappa shape index (κ3) is 4.76. The van der Waals surface area contributed by atoms with Crippen molar-refractivity contribution in [2.75, 3.05) is 48.6 Å². The van der Waals surface area contributed by atoms with Gasteiger partial charge in [0.05, 0.1) is 48.1 Å². The molecule has 6 rings (SSSR count). The molecule has 0 saturated carbocycles. The van der Waals surface area contributed by atoms with E-state index in [1.165, 1.54) is 0 Å². The Morgan fingerprint density at radius 2 is 1.51 bits per heavy atom. The number of piperazine rings is 1. The molecule has 1 fully saturated rings. The van der Waals surface area contributed by atoms with Gasteiger partial charge in [-0.05, 0) is 53.4 Å². The van der Waals surface area contributed by atoms with Crippen LogP contribution in [-0.4, -0.2) is 81.3 Å². The van der Waals surface area contributed by atoms with E-state index in [2.05, 4.69) is 11.1 Å². The van der Waals surface area contributed by atoms with E-state index < -0.39 is 12.1 Å². The van der Waals surface area contributed by atoms with Crippen molar-refractivity contribution in [1.82, 2.24) is 14.8 Å². The number of hydrogen-bond acceptors (Lipinski definition) is 7. The summed E-state index contributed by atoms with van der Waals surface area (Å²) in [6.07, 6.45) is 0.985. The molecule has 1 N–H and O–H groups in total. The maximum absolute atomic E-state index is 14.1. The number of rotatable bonds is 9. The Morgan fingerprint density at radius 1 is 0.814 bits per heavy atom. The van der Waals surface area contributed by atoms with Gasteiger partial charge in [0.25, 0.3) is 0 Å². The lowest BCUT2D eigenvalue weighted by atomic mass is 9.86. The zero-order valence-corrected chi connectivity index (χ0v) is 24.9. The first kappa shape index (κ1) is 28.3. The van der Waals surface area contributed by atoms with E-state index in [0.717, 1.165) is 33.3 Å². The number of benzene rings is 3. The molecule has 3 aromatic carbocycles. The number of nitrogens with one attached hydrogen (secondary N) is 1. The minimum Gasteiger partial charge on any atom is -0.493 e. The number of nitrogens with zero attached hydrogens (tertiary/aromatic N) is 2. The van der Waals surface area contributed by atoms with E-state index in [1.807, 2.05) is 48.5 Å². The van der Waals surface area contributed by atoms with Crippen molar-refractivity contribution in [3.8, 4) is 28.7 Å². The van der Waals surface area contributed by atoms with Gasteiger partial charge in [-0.25, -0.2) is 0 Å². The maximum atomic E-state index is 14.1. The lowest BCUT2D eigenvalue weighted by Crippen LogP contribution is -2.63. The minimum absolute atomic E-state index is 0.0148. The minimum atomic E-state index is -0.664. The summed E-state index contributed by atoms with van der Waals surface area (Å²) in [4.78, 5) is 35.1. The van der Waals surface area contributed by atoms with E-state index in [1.54, 1.807) is 45.3 Å². The van der Waals surface area contributed by atoms with Crippen LogP contribution in [0.2, 0.25) is 0 Å². The molecule has 0 aliphatic carbocycles. The number of methoxy groups -OCH3 is 5. The molecule has 224 valence electrons. The molecule has 2 amide bonds. The predicted octanol–water partition coefficient (Wildman–Crippen LogP) is 4.14. The Hall–Kier alpha value is -4.86. The molecular weight excluding hydrogens is 550 g/mol. The number of hydrogen-bond donors (Lipinski definition) is 1. The van der Waals surface area contributed by atoms with Crippen LogP contribution in [0.1, 0.15) is 28.4 Å². The number of fused-ring (bicyclic) bond motifs is 4. The predicted molar refractivity (Wildman–Crippen MR) is 160 cm³/mol. The van der Waals surface area contributed by atoms with Gasteiger partial charge in [0, 0.05) is 29.6 Å². The molecule has 2 atom stereocenters. The molecule has 0 spiro atoms. The van der Waals surface area contributed by atoms with Gasteiger partial charge < -0.3 is 38.5 Å². The molecule has 1 saturated heterocycles. The Kier molecular flexibility index (Phi) is 7.52. The van der Waals surface area contributed by atoms with Crippen molar-refractivity contribution in [2.24, 2.45) is 0 Å². The van der Waals surface area contributed by atoms with Crippen molar-refractivity contribution >= 4 is 22.7 Å². The molecule has 0 radical (unpaired) electrons. The molecule has 43 heavy (non-hydrogen) atoms. The van der Waals surface area contributed by atoms with Gasteiger partial charge in [-0.1, -0.05) is 24.3 Å². The summed E-state index contributed by atoms with van der Waals surface area (Å²) in [6, 6.07) is 16.2. The smallest absolute Gasteiger partial charge is 0.246 e. The first-order valence-corrected chi connectivity index (χ1v) is 14.1. The third-order valence-corrected chi connectivity index (χ3v) is 8.46. The van der Waals surface area contributed by atoms with E-state index in [-0.39, 0.29) is 18.4 Å². The average molecular weight is 586 g/mol. The number of aromatic nitrogens is 1. The van der Waals surface area contributed by atoms with Crippen LogP contribution in [-0.2, 0) is 22.4 Å². The molecule has 0 unspecified atom stereocenters. The van der Waals surface area contributed by atoms with E-state index in [0.29, 0.717) is 48.1 Å². The fourth-order valence-electron chi connectivity index (χ4n) is 6.42. The number of para-hydroxylation sites is 1. The van der Waals surface area contributed by atoms with Crippen LogP contribution in [0.3, 0.4) is 0 Å². The molecule has 10 heteroatoms. The Morgan fingerprint density at radius 3 is 2.19 bits per heavy atom. The Balaban J connectivity index is 1.39. The van der Waals surface area contributed by atoms with Gasteiger partial charge in [0.15, 0.2) is 23.0 Å². The van der Waals surface area contributed by atoms with Crippen molar-refractivity contribution in [3.63, 3.8) is 0 Å². The number of H-pyrrole nitrogens is 1. The molecule has 1 aromatic heterocycles. The SMILES string of the molecule is COc1ccc(CCN2CC(=O)N3[C@@H](c4cc(OC)c(OC)c(OC)c4)c4[nH]c5ccccc5c4C[C@@H]3C2=O)cc1OC. The van der Waals surface area contributed by atoms with Crippen LogP contribution in [0.4, 0.5) is 0 Å².